The SMILES string of the molecule is CCCCCCCCCCCCCCCCCCCCCCCC/C=C/CC/C=C/CC/C=C/C(O)C(COC1OC(CO)C(OC2OC(CO)C(O)C(O)C2O)C(O)C1O)NC(=O)CCCCCCCCCCCC. The van der Waals surface area contributed by atoms with Crippen LogP contribution in [0.15, 0.2) is 36.5 Å². The molecule has 0 aromatic carbocycles. The van der Waals surface area contributed by atoms with Gasteiger partial charge in [-0.15, -0.1) is 0 Å². The average molecular weight is 1080 g/mol. The molecular formula is C62H115NO13. The minimum Gasteiger partial charge on any atom is -0.394 e. The van der Waals surface area contributed by atoms with Crippen molar-refractivity contribution in [2.45, 2.75) is 331 Å². The zero-order chi connectivity index (χ0) is 55.3. The topological polar surface area (TPSA) is 228 Å². The van der Waals surface area contributed by atoms with E-state index in [0.29, 0.717) is 12.8 Å². The molecule has 0 saturated carbocycles. The quantitative estimate of drug-likeness (QED) is 0.0204. The zero-order valence-electron chi connectivity index (χ0n) is 48.0. The summed E-state index contributed by atoms with van der Waals surface area (Å²) in [6.07, 6.45) is 42.3. The molecule has 14 nitrogen and oxygen atoms in total. The van der Waals surface area contributed by atoms with Crippen molar-refractivity contribution in [1.29, 1.82) is 0 Å². The highest BCUT2D eigenvalue weighted by Gasteiger charge is 2.51. The molecule has 9 N–H and O–H groups in total. The van der Waals surface area contributed by atoms with Crippen LogP contribution >= 0.6 is 0 Å². The highest BCUT2D eigenvalue weighted by Crippen LogP contribution is 2.30. The molecule has 0 spiro atoms. The second-order valence-electron chi connectivity index (χ2n) is 22.2. The van der Waals surface area contributed by atoms with Gasteiger partial charge in [-0.05, 0) is 44.9 Å². The first-order valence-corrected chi connectivity index (χ1v) is 31.2. The summed E-state index contributed by atoms with van der Waals surface area (Å²) in [4.78, 5) is 13.2. The lowest BCUT2D eigenvalue weighted by molar-refractivity contribution is -0.359. The third kappa shape index (κ3) is 33.1. The molecule has 12 atom stereocenters. The number of nitrogens with one attached hydrogen (secondary N) is 1. The predicted molar refractivity (Wildman–Crippen MR) is 305 cm³/mol. The number of carbonyl (C=O) groups excluding carboxylic acids is 1. The third-order valence-electron chi connectivity index (χ3n) is 15.3. The Hall–Kier alpha value is -1.79. The molecule has 14 heteroatoms. The molecule has 12 unspecified atom stereocenters. The van der Waals surface area contributed by atoms with Crippen molar-refractivity contribution < 1.29 is 64.6 Å². The van der Waals surface area contributed by atoms with Gasteiger partial charge in [-0.25, -0.2) is 0 Å². The Bertz CT molecular complexity index is 1410. The van der Waals surface area contributed by atoms with E-state index in [1.807, 2.05) is 6.08 Å². The summed E-state index contributed by atoms with van der Waals surface area (Å²) in [6, 6.07) is -0.934. The highest BCUT2D eigenvalue weighted by molar-refractivity contribution is 5.76. The molecule has 2 fully saturated rings. The number of carbonyl (C=O) groups is 1. The van der Waals surface area contributed by atoms with E-state index in [-0.39, 0.29) is 18.9 Å². The third-order valence-corrected chi connectivity index (χ3v) is 15.3. The summed E-state index contributed by atoms with van der Waals surface area (Å²) in [5.41, 5.74) is 0. The maximum absolute atomic E-state index is 13.2. The molecule has 0 radical (unpaired) electrons. The number of amides is 1. The molecule has 2 aliphatic rings. The maximum Gasteiger partial charge on any atom is 0.220 e. The fraction of sp³-hybridized carbons (Fsp3) is 0.887. The van der Waals surface area contributed by atoms with Gasteiger partial charge in [0.2, 0.25) is 5.91 Å². The second-order valence-corrected chi connectivity index (χ2v) is 22.2. The van der Waals surface area contributed by atoms with Crippen LogP contribution in [0.5, 0.6) is 0 Å². The highest BCUT2D eigenvalue weighted by atomic mass is 16.7. The van der Waals surface area contributed by atoms with Crippen LogP contribution < -0.4 is 5.32 Å². The molecule has 0 bridgehead atoms. The standard InChI is InChI=1S/C62H115NO13/c1-3-5-7-9-11-13-15-16-17-18-19-20-21-22-23-24-25-26-27-28-29-30-31-32-33-34-35-36-37-39-41-43-45-51(66)50(63-54(67)46-44-42-40-38-14-12-10-8-6-4-2)49-73-61-59(72)57(70)60(53(48-65)75-61)76-62-58(71)56(69)55(68)52(47-64)74-62/h32-33,36-37,43,45,50-53,55-62,64-66,68-72H,3-31,34-35,38-42,44,46-49H2,1-2H3,(H,63,67)/b33-32+,37-36+,45-43+. The Balaban J connectivity index is 1.67. The van der Waals surface area contributed by atoms with Crippen molar-refractivity contribution in [3.05, 3.63) is 36.5 Å². The van der Waals surface area contributed by atoms with E-state index in [4.69, 9.17) is 18.9 Å². The largest absolute Gasteiger partial charge is 0.394 e. The first kappa shape index (κ1) is 70.3. The fourth-order valence-electron chi connectivity index (χ4n) is 10.3. The zero-order valence-corrected chi connectivity index (χ0v) is 48.0. The van der Waals surface area contributed by atoms with Crippen molar-refractivity contribution in [3.8, 4) is 0 Å². The molecule has 2 saturated heterocycles. The van der Waals surface area contributed by atoms with E-state index in [2.05, 4.69) is 43.5 Å². The number of aliphatic hydroxyl groups excluding tert-OH is 8. The van der Waals surface area contributed by atoms with Gasteiger partial charge in [-0.2, -0.15) is 0 Å². The summed E-state index contributed by atoms with van der Waals surface area (Å²) in [5.74, 6) is -0.255. The Kier molecular flexibility index (Phi) is 44.4. The second kappa shape index (κ2) is 48.0. The van der Waals surface area contributed by atoms with E-state index < -0.39 is 86.8 Å². The minimum absolute atomic E-state index is 0.255. The molecule has 2 rings (SSSR count). The van der Waals surface area contributed by atoms with Gasteiger partial charge in [0.05, 0.1) is 32.0 Å². The Labute approximate surface area is 461 Å². The molecule has 1 amide bonds. The number of unbranched alkanes of at least 4 members (excludes halogenated alkanes) is 33. The minimum atomic E-state index is -1.79. The molecule has 2 aliphatic heterocycles. The summed E-state index contributed by atoms with van der Waals surface area (Å²) in [6.45, 7) is 2.76. The Morgan fingerprint density at radius 3 is 1.29 bits per heavy atom. The van der Waals surface area contributed by atoms with Crippen LogP contribution in [0.3, 0.4) is 0 Å². The maximum atomic E-state index is 13.2. The molecule has 76 heavy (non-hydrogen) atoms. The number of hydrogen-bond donors (Lipinski definition) is 9. The first-order chi connectivity index (χ1) is 37.1. The van der Waals surface area contributed by atoms with Crippen molar-refractivity contribution in [3.63, 3.8) is 0 Å². The lowest BCUT2D eigenvalue weighted by Crippen LogP contribution is -2.65. The molecule has 0 aromatic rings. The normalized spacial score (nSPS) is 25.1. The number of ether oxygens (including phenoxy) is 4. The van der Waals surface area contributed by atoms with Crippen molar-refractivity contribution >= 4 is 5.91 Å². The lowest BCUT2D eigenvalue weighted by atomic mass is 9.97. The Morgan fingerprint density at radius 2 is 0.842 bits per heavy atom. The van der Waals surface area contributed by atoms with E-state index >= 15 is 0 Å². The van der Waals surface area contributed by atoms with Crippen molar-refractivity contribution in [2.24, 2.45) is 0 Å². The van der Waals surface area contributed by atoms with E-state index in [0.717, 1.165) is 44.9 Å². The van der Waals surface area contributed by atoms with Gasteiger partial charge >= 0.3 is 0 Å². The summed E-state index contributed by atoms with van der Waals surface area (Å²) in [7, 11) is 0. The van der Waals surface area contributed by atoms with Crippen LogP contribution in [0, 0.1) is 0 Å². The Morgan fingerprint density at radius 1 is 0.461 bits per heavy atom. The van der Waals surface area contributed by atoms with Gasteiger partial charge in [0.1, 0.15) is 48.8 Å². The molecule has 2 heterocycles. The number of rotatable bonds is 50. The first-order valence-electron chi connectivity index (χ1n) is 31.2. The monoisotopic (exact) mass is 1080 g/mol. The van der Waals surface area contributed by atoms with Crippen molar-refractivity contribution in [1.82, 2.24) is 5.32 Å². The van der Waals surface area contributed by atoms with Gasteiger partial charge in [0.15, 0.2) is 12.6 Å². The summed E-state index contributed by atoms with van der Waals surface area (Å²) in [5, 5.41) is 86.9. The van der Waals surface area contributed by atoms with Crippen LogP contribution in [0.1, 0.15) is 258 Å². The average Bonchev–Trinajstić information content (AvgIpc) is 3.42. The van der Waals surface area contributed by atoms with Crippen LogP contribution in [-0.4, -0.2) is 140 Å². The smallest absolute Gasteiger partial charge is 0.220 e. The molecule has 0 aromatic heterocycles. The summed E-state index contributed by atoms with van der Waals surface area (Å²) >= 11 is 0. The molecular weight excluding hydrogens is 967 g/mol. The van der Waals surface area contributed by atoms with Crippen LogP contribution in [-0.2, 0) is 23.7 Å². The van der Waals surface area contributed by atoms with Gasteiger partial charge in [-0.1, -0.05) is 243 Å². The van der Waals surface area contributed by atoms with E-state index in [9.17, 15) is 45.6 Å². The van der Waals surface area contributed by atoms with Crippen LogP contribution in [0.4, 0.5) is 0 Å². The van der Waals surface area contributed by atoms with Gasteiger partial charge < -0.3 is 65.1 Å². The number of allylic oxidation sites excluding steroid dienone is 5. The fourth-order valence-corrected chi connectivity index (χ4v) is 10.3. The lowest BCUT2D eigenvalue weighted by Gasteiger charge is -2.46. The number of aliphatic hydroxyl groups is 8. The molecule has 446 valence electrons. The molecule has 0 aliphatic carbocycles. The van der Waals surface area contributed by atoms with E-state index in [1.54, 1.807) is 6.08 Å². The van der Waals surface area contributed by atoms with Crippen molar-refractivity contribution in [2.75, 3.05) is 19.8 Å². The van der Waals surface area contributed by atoms with Crippen LogP contribution in [0.2, 0.25) is 0 Å². The summed E-state index contributed by atoms with van der Waals surface area (Å²) < 4.78 is 22.7. The van der Waals surface area contributed by atoms with Gasteiger partial charge in [0, 0.05) is 6.42 Å². The van der Waals surface area contributed by atoms with Gasteiger partial charge in [-0.3, -0.25) is 4.79 Å². The predicted octanol–water partition coefficient (Wildman–Crippen LogP) is 11.0. The van der Waals surface area contributed by atoms with E-state index in [1.165, 1.54) is 180 Å². The van der Waals surface area contributed by atoms with Gasteiger partial charge in [0.25, 0.3) is 0 Å². The number of hydrogen-bond acceptors (Lipinski definition) is 13. The van der Waals surface area contributed by atoms with Crippen LogP contribution in [0.25, 0.3) is 0 Å².